The van der Waals surface area contributed by atoms with E-state index in [4.69, 9.17) is 18.9 Å². The SMILES string of the molecule is COc1cc(OC)c(C=CS(=O)(=O)Cc2ccc(OC)c(NC(=O)C=Cc3ccccc3)n2)c(OC)c1. The summed E-state index contributed by atoms with van der Waals surface area (Å²) in [6, 6.07) is 15.6. The van der Waals surface area contributed by atoms with E-state index < -0.39 is 21.5 Å². The molecule has 0 radical (unpaired) electrons. The molecule has 1 N–H and O–H groups in total. The molecule has 0 atom stereocenters. The fraction of sp³-hybridized carbons (Fsp3) is 0.185. The van der Waals surface area contributed by atoms with E-state index in [0.29, 0.717) is 28.6 Å². The van der Waals surface area contributed by atoms with E-state index in [2.05, 4.69) is 10.3 Å². The Kier molecular flexibility index (Phi) is 9.28. The van der Waals surface area contributed by atoms with Crippen molar-refractivity contribution in [1.82, 2.24) is 4.98 Å². The molecule has 0 bridgehead atoms. The van der Waals surface area contributed by atoms with Gasteiger partial charge in [0.2, 0.25) is 5.91 Å². The van der Waals surface area contributed by atoms with Crippen molar-refractivity contribution in [1.29, 1.82) is 0 Å². The molecule has 10 heteroatoms. The van der Waals surface area contributed by atoms with Gasteiger partial charge >= 0.3 is 0 Å². The number of carbonyl (C=O) groups is 1. The van der Waals surface area contributed by atoms with E-state index in [0.717, 1.165) is 11.0 Å². The molecule has 1 heterocycles. The van der Waals surface area contributed by atoms with E-state index in [1.165, 1.54) is 46.7 Å². The molecule has 0 aliphatic carbocycles. The number of nitrogens with one attached hydrogen (secondary N) is 1. The van der Waals surface area contributed by atoms with Crippen LogP contribution in [0, 0.1) is 0 Å². The molecule has 37 heavy (non-hydrogen) atoms. The molecule has 0 fully saturated rings. The van der Waals surface area contributed by atoms with E-state index in [1.807, 2.05) is 30.3 Å². The zero-order valence-electron chi connectivity index (χ0n) is 20.9. The molecule has 1 amide bonds. The van der Waals surface area contributed by atoms with E-state index in [1.54, 1.807) is 24.3 Å². The number of ether oxygens (including phenoxy) is 4. The van der Waals surface area contributed by atoms with Crippen LogP contribution in [-0.2, 0) is 20.4 Å². The second kappa shape index (κ2) is 12.6. The lowest BCUT2D eigenvalue weighted by Crippen LogP contribution is -2.12. The Labute approximate surface area is 216 Å². The monoisotopic (exact) mass is 524 g/mol. The van der Waals surface area contributed by atoms with Crippen LogP contribution in [0.25, 0.3) is 12.2 Å². The molecule has 1 aromatic heterocycles. The largest absolute Gasteiger partial charge is 0.496 e. The summed E-state index contributed by atoms with van der Waals surface area (Å²) in [5.41, 5.74) is 1.52. The first-order chi connectivity index (χ1) is 17.8. The number of benzene rings is 2. The predicted molar refractivity (Wildman–Crippen MR) is 143 cm³/mol. The lowest BCUT2D eigenvalue weighted by atomic mass is 10.1. The molecule has 3 rings (SSSR count). The van der Waals surface area contributed by atoms with Crippen LogP contribution in [0.2, 0.25) is 0 Å². The van der Waals surface area contributed by atoms with Crippen molar-refractivity contribution >= 4 is 33.7 Å². The molecule has 194 valence electrons. The third kappa shape index (κ3) is 7.58. The third-order valence-electron chi connectivity index (χ3n) is 5.15. The molecule has 3 aromatic rings. The summed E-state index contributed by atoms with van der Waals surface area (Å²) in [6.07, 6.45) is 4.41. The number of rotatable bonds is 11. The van der Waals surface area contributed by atoms with E-state index in [9.17, 15) is 13.2 Å². The average molecular weight is 525 g/mol. The highest BCUT2D eigenvalue weighted by molar-refractivity contribution is 7.93. The van der Waals surface area contributed by atoms with Crippen LogP contribution in [0.15, 0.2) is 66.1 Å². The van der Waals surface area contributed by atoms with Crippen molar-refractivity contribution < 1.29 is 32.2 Å². The second-order valence-corrected chi connectivity index (χ2v) is 9.53. The van der Waals surface area contributed by atoms with Gasteiger partial charge in [-0.15, -0.1) is 0 Å². The summed E-state index contributed by atoms with van der Waals surface area (Å²) in [4.78, 5) is 16.7. The van der Waals surface area contributed by atoms with Crippen LogP contribution in [-0.4, -0.2) is 47.7 Å². The van der Waals surface area contributed by atoms with Gasteiger partial charge in [-0.05, 0) is 29.8 Å². The number of anilines is 1. The van der Waals surface area contributed by atoms with Crippen molar-refractivity contribution in [2.24, 2.45) is 0 Å². The lowest BCUT2D eigenvalue weighted by Gasteiger charge is -2.12. The highest BCUT2D eigenvalue weighted by Gasteiger charge is 2.16. The molecule has 2 aromatic carbocycles. The predicted octanol–water partition coefficient (Wildman–Crippen LogP) is 4.35. The summed E-state index contributed by atoms with van der Waals surface area (Å²) in [6.45, 7) is 0. The van der Waals surface area contributed by atoms with Crippen LogP contribution in [0.5, 0.6) is 23.0 Å². The molecule has 0 saturated carbocycles. The molecular formula is C27H28N2O7S. The van der Waals surface area contributed by atoms with Gasteiger partial charge in [-0.3, -0.25) is 4.79 Å². The molecule has 0 saturated heterocycles. The standard InChI is InChI=1S/C27H28N2O7S/c1-33-21-16-24(35-3)22(25(17-21)36-4)14-15-37(31,32)18-20-11-12-23(34-2)27(28-20)29-26(30)13-10-19-8-6-5-7-9-19/h5-17H,18H2,1-4H3,(H,28,29,30). The van der Waals surface area contributed by atoms with Crippen molar-refractivity contribution in [3.8, 4) is 23.0 Å². The van der Waals surface area contributed by atoms with Gasteiger partial charge in [0, 0.05) is 23.6 Å². The van der Waals surface area contributed by atoms with Crippen LogP contribution < -0.4 is 24.3 Å². The van der Waals surface area contributed by atoms with E-state index >= 15 is 0 Å². The maximum absolute atomic E-state index is 12.9. The molecule has 0 unspecified atom stereocenters. The fourth-order valence-corrected chi connectivity index (χ4v) is 4.35. The minimum Gasteiger partial charge on any atom is -0.496 e. The number of pyridine rings is 1. The fourth-order valence-electron chi connectivity index (χ4n) is 3.34. The highest BCUT2D eigenvalue weighted by Crippen LogP contribution is 2.35. The van der Waals surface area contributed by atoms with Gasteiger partial charge < -0.3 is 24.3 Å². The summed E-state index contributed by atoms with van der Waals surface area (Å²) in [5, 5.41) is 3.70. The Morgan fingerprint density at radius 3 is 2.11 bits per heavy atom. The lowest BCUT2D eigenvalue weighted by molar-refractivity contribution is -0.111. The first kappa shape index (κ1) is 27.3. The van der Waals surface area contributed by atoms with Gasteiger partial charge in [0.15, 0.2) is 21.4 Å². The number of amides is 1. The van der Waals surface area contributed by atoms with Gasteiger partial charge in [-0.2, -0.15) is 0 Å². The Bertz CT molecular complexity index is 1380. The van der Waals surface area contributed by atoms with Crippen LogP contribution >= 0.6 is 0 Å². The molecule has 0 aliphatic heterocycles. The summed E-state index contributed by atoms with van der Waals surface area (Å²) in [5.74, 6) is 0.846. The maximum atomic E-state index is 12.9. The number of hydrogen-bond donors (Lipinski definition) is 1. The van der Waals surface area contributed by atoms with Crippen molar-refractivity contribution in [2.75, 3.05) is 33.8 Å². The second-order valence-electron chi connectivity index (χ2n) is 7.64. The number of carbonyl (C=O) groups excluding carboxylic acids is 1. The number of nitrogens with zero attached hydrogens (tertiary/aromatic N) is 1. The van der Waals surface area contributed by atoms with Crippen molar-refractivity contribution in [3.63, 3.8) is 0 Å². The van der Waals surface area contributed by atoms with Gasteiger partial charge in [0.05, 0.1) is 45.4 Å². The first-order valence-corrected chi connectivity index (χ1v) is 12.8. The Balaban J connectivity index is 1.80. The van der Waals surface area contributed by atoms with Crippen molar-refractivity contribution in [2.45, 2.75) is 5.75 Å². The number of aromatic nitrogens is 1. The van der Waals surface area contributed by atoms with Gasteiger partial charge in [-0.1, -0.05) is 30.3 Å². The normalized spacial score (nSPS) is 11.5. The summed E-state index contributed by atoms with van der Waals surface area (Å²) in [7, 11) is 2.10. The van der Waals surface area contributed by atoms with Crippen LogP contribution in [0.4, 0.5) is 5.82 Å². The van der Waals surface area contributed by atoms with Crippen molar-refractivity contribution in [3.05, 3.63) is 82.9 Å². The maximum Gasteiger partial charge on any atom is 0.249 e. The molecule has 9 nitrogen and oxygen atoms in total. The molecular weight excluding hydrogens is 496 g/mol. The average Bonchev–Trinajstić information content (AvgIpc) is 2.90. The van der Waals surface area contributed by atoms with Crippen LogP contribution in [0.3, 0.4) is 0 Å². The zero-order chi connectivity index (χ0) is 26.8. The highest BCUT2D eigenvalue weighted by atomic mass is 32.2. The number of sulfone groups is 1. The number of hydrogen-bond acceptors (Lipinski definition) is 8. The molecule has 0 aliphatic rings. The summed E-state index contributed by atoms with van der Waals surface area (Å²) < 4.78 is 47.0. The van der Waals surface area contributed by atoms with Gasteiger partial charge in [0.25, 0.3) is 0 Å². The minimum atomic E-state index is -3.76. The number of methoxy groups -OCH3 is 4. The van der Waals surface area contributed by atoms with Gasteiger partial charge in [-0.25, -0.2) is 13.4 Å². The topological polar surface area (TPSA) is 113 Å². The summed E-state index contributed by atoms with van der Waals surface area (Å²) >= 11 is 0. The third-order valence-corrected chi connectivity index (χ3v) is 6.40. The zero-order valence-corrected chi connectivity index (χ0v) is 21.7. The quantitative estimate of drug-likeness (QED) is 0.368. The Morgan fingerprint density at radius 1 is 0.865 bits per heavy atom. The first-order valence-electron chi connectivity index (χ1n) is 11.1. The van der Waals surface area contributed by atoms with Gasteiger partial charge in [0.1, 0.15) is 17.2 Å². The minimum absolute atomic E-state index is 0.111. The molecule has 0 spiro atoms. The Morgan fingerprint density at radius 2 is 1.51 bits per heavy atom. The Hall–Kier alpha value is -4.31. The smallest absolute Gasteiger partial charge is 0.249 e. The van der Waals surface area contributed by atoms with E-state index in [-0.39, 0.29) is 11.5 Å². The van der Waals surface area contributed by atoms with Crippen LogP contribution in [0.1, 0.15) is 16.8 Å².